The number of ether oxygens (including phenoxy) is 2. The van der Waals surface area contributed by atoms with Gasteiger partial charge in [0.15, 0.2) is 0 Å². The summed E-state index contributed by atoms with van der Waals surface area (Å²) in [4.78, 5) is 47.7. The number of methoxy groups -OCH3 is 1. The molecule has 2 amide bonds. The van der Waals surface area contributed by atoms with Crippen molar-refractivity contribution in [3.05, 3.63) is 35.9 Å². The minimum Gasteiger partial charge on any atom is -0.467 e. The molecule has 9 nitrogen and oxygen atoms in total. The number of benzene rings is 1. The Labute approximate surface area is 175 Å². The van der Waals surface area contributed by atoms with E-state index in [1.165, 1.54) is 7.11 Å². The third-order valence-corrected chi connectivity index (χ3v) is 4.88. The molecule has 2 rings (SSSR count). The van der Waals surface area contributed by atoms with Crippen LogP contribution in [0.3, 0.4) is 0 Å². The Balaban J connectivity index is 1.75. The number of carbonyl (C=O) groups is 4. The lowest BCUT2D eigenvalue weighted by atomic mass is 9.83. The highest BCUT2D eigenvalue weighted by atomic mass is 16.5. The van der Waals surface area contributed by atoms with Crippen molar-refractivity contribution in [2.24, 2.45) is 5.92 Å². The molecule has 1 saturated carbocycles. The van der Waals surface area contributed by atoms with Crippen LogP contribution in [0.2, 0.25) is 0 Å². The summed E-state index contributed by atoms with van der Waals surface area (Å²) in [5, 5.41) is 15.0. The minimum absolute atomic E-state index is 0.0488. The van der Waals surface area contributed by atoms with Crippen LogP contribution in [0.5, 0.6) is 0 Å². The zero-order chi connectivity index (χ0) is 21.9. The molecule has 0 bridgehead atoms. The Bertz CT molecular complexity index is 738. The Morgan fingerprint density at radius 1 is 1.23 bits per heavy atom. The fraction of sp³-hybridized carbons (Fsp3) is 0.524. The summed E-state index contributed by atoms with van der Waals surface area (Å²) >= 11 is 0. The predicted octanol–water partition coefficient (Wildman–Crippen LogP) is 1.08. The molecular formula is C21H28N2O7. The number of nitrogens with one attached hydrogen (secondary N) is 2. The molecule has 0 radical (unpaired) electrons. The highest BCUT2D eigenvalue weighted by molar-refractivity contribution is 5.86. The van der Waals surface area contributed by atoms with Crippen LogP contribution in [-0.2, 0) is 30.5 Å². The summed E-state index contributed by atoms with van der Waals surface area (Å²) in [5.41, 5.74) is 0.822. The summed E-state index contributed by atoms with van der Waals surface area (Å²) in [7, 11) is 1.21. The molecule has 1 fully saturated rings. The first-order valence-electron chi connectivity index (χ1n) is 9.90. The predicted molar refractivity (Wildman–Crippen MR) is 106 cm³/mol. The molecule has 1 aromatic rings. The summed E-state index contributed by atoms with van der Waals surface area (Å²) in [6.07, 6.45) is -0.242. The van der Waals surface area contributed by atoms with Crippen molar-refractivity contribution in [2.45, 2.75) is 50.9 Å². The molecule has 1 aliphatic carbocycles. The number of aliphatic hydroxyl groups excluding tert-OH is 1. The summed E-state index contributed by atoms with van der Waals surface area (Å²) in [5.74, 6) is -1.48. The number of amides is 2. The van der Waals surface area contributed by atoms with E-state index in [1.54, 1.807) is 0 Å². The lowest BCUT2D eigenvalue weighted by Gasteiger charge is -2.28. The van der Waals surface area contributed by atoms with Gasteiger partial charge in [0.05, 0.1) is 19.6 Å². The van der Waals surface area contributed by atoms with Gasteiger partial charge in [0, 0.05) is 19.4 Å². The number of alkyl carbamates (subject to hydrolysis) is 1. The molecule has 0 heterocycles. The van der Waals surface area contributed by atoms with Crippen molar-refractivity contribution in [2.75, 3.05) is 13.7 Å². The number of ketones is 1. The van der Waals surface area contributed by atoms with Gasteiger partial charge in [0.2, 0.25) is 5.91 Å². The van der Waals surface area contributed by atoms with E-state index in [4.69, 9.17) is 9.47 Å². The van der Waals surface area contributed by atoms with Gasteiger partial charge in [0.1, 0.15) is 18.4 Å². The van der Waals surface area contributed by atoms with Crippen molar-refractivity contribution in [1.82, 2.24) is 10.6 Å². The fourth-order valence-electron chi connectivity index (χ4n) is 3.33. The van der Waals surface area contributed by atoms with Gasteiger partial charge in [-0.2, -0.15) is 0 Å². The monoisotopic (exact) mass is 420 g/mol. The Morgan fingerprint density at radius 3 is 2.63 bits per heavy atom. The first-order chi connectivity index (χ1) is 14.4. The molecule has 164 valence electrons. The SMILES string of the molecule is COC(=O)[C@H](NC(=O)C[C@H](O)CNC(=O)OCc1ccccc1)[C@H]1CCCC(=O)C1. The average molecular weight is 420 g/mol. The number of rotatable bonds is 9. The van der Waals surface area contributed by atoms with Gasteiger partial charge in [-0.05, 0) is 24.3 Å². The van der Waals surface area contributed by atoms with Crippen LogP contribution in [0.25, 0.3) is 0 Å². The maximum atomic E-state index is 12.3. The van der Waals surface area contributed by atoms with Crippen molar-refractivity contribution in [3.63, 3.8) is 0 Å². The maximum Gasteiger partial charge on any atom is 0.407 e. The normalized spacial score (nSPS) is 18.1. The van der Waals surface area contributed by atoms with E-state index in [9.17, 15) is 24.3 Å². The Morgan fingerprint density at radius 2 is 1.97 bits per heavy atom. The zero-order valence-corrected chi connectivity index (χ0v) is 17.0. The van der Waals surface area contributed by atoms with Crippen LogP contribution in [0, 0.1) is 5.92 Å². The van der Waals surface area contributed by atoms with Crippen molar-refractivity contribution >= 4 is 23.8 Å². The Hall–Kier alpha value is -2.94. The van der Waals surface area contributed by atoms with E-state index >= 15 is 0 Å². The molecule has 1 aliphatic rings. The van der Waals surface area contributed by atoms with E-state index in [-0.39, 0.29) is 37.7 Å². The fourth-order valence-corrected chi connectivity index (χ4v) is 3.33. The summed E-state index contributed by atoms with van der Waals surface area (Å²) < 4.78 is 9.78. The first-order valence-corrected chi connectivity index (χ1v) is 9.90. The molecule has 1 aromatic carbocycles. The summed E-state index contributed by atoms with van der Waals surface area (Å²) in [6.45, 7) is -0.101. The molecule has 30 heavy (non-hydrogen) atoms. The van der Waals surface area contributed by atoms with Crippen molar-refractivity contribution in [3.8, 4) is 0 Å². The second-order valence-corrected chi connectivity index (χ2v) is 7.26. The van der Waals surface area contributed by atoms with Gasteiger partial charge in [-0.25, -0.2) is 9.59 Å². The van der Waals surface area contributed by atoms with Crippen LogP contribution in [0.15, 0.2) is 30.3 Å². The minimum atomic E-state index is -1.17. The van der Waals surface area contributed by atoms with Crippen LogP contribution in [0.4, 0.5) is 4.79 Å². The lowest BCUT2D eigenvalue weighted by Crippen LogP contribution is -2.49. The molecule has 3 N–H and O–H groups in total. The van der Waals surface area contributed by atoms with Crippen LogP contribution >= 0.6 is 0 Å². The van der Waals surface area contributed by atoms with Crippen LogP contribution in [-0.4, -0.2) is 54.7 Å². The van der Waals surface area contributed by atoms with Crippen molar-refractivity contribution in [1.29, 1.82) is 0 Å². The third-order valence-electron chi connectivity index (χ3n) is 4.88. The topological polar surface area (TPSA) is 131 Å². The molecule has 0 aliphatic heterocycles. The highest BCUT2D eigenvalue weighted by Crippen LogP contribution is 2.25. The molecule has 0 aromatic heterocycles. The van der Waals surface area contributed by atoms with Gasteiger partial charge in [-0.15, -0.1) is 0 Å². The van der Waals surface area contributed by atoms with E-state index in [0.717, 1.165) is 5.56 Å². The largest absolute Gasteiger partial charge is 0.467 e. The standard InChI is InChI=1S/C21H28N2O7/c1-29-20(27)19(15-8-5-9-16(24)10-15)23-18(26)11-17(25)12-22-21(28)30-13-14-6-3-2-4-7-14/h2-4,6-7,15,17,19,25H,5,8-13H2,1H3,(H,22,28)(H,23,26)/t15-,17-,19+/m0/s1. The number of hydrogen-bond acceptors (Lipinski definition) is 7. The lowest BCUT2D eigenvalue weighted by molar-refractivity contribution is -0.147. The number of aliphatic hydroxyl groups is 1. The zero-order valence-electron chi connectivity index (χ0n) is 17.0. The van der Waals surface area contributed by atoms with E-state index in [0.29, 0.717) is 19.3 Å². The van der Waals surface area contributed by atoms with Crippen molar-refractivity contribution < 1.29 is 33.8 Å². The number of carbonyl (C=O) groups excluding carboxylic acids is 4. The molecule has 3 atom stereocenters. The number of Topliss-reactive ketones (excluding diaryl/α,β-unsaturated/α-hetero) is 1. The van der Waals surface area contributed by atoms with Crippen LogP contribution in [0.1, 0.15) is 37.7 Å². The number of hydrogen-bond donors (Lipinski definition) is 3. The van der Waals surface area contributed by atoms with Gasteiger partial charge in [-0.1, -0.05) is 30.3 Å². The third kappa shape index (κ3) is 7.82. The first kappa shape index (κ1) is 23.3. The van der Waals surface area contributed by atoms with E-state index in [1.807, 2.05) is 30.3 Å². The second-order valence-electron chi connectivity index (χ2n) is 7.26. The quantitative estimate of drug-likeness (QED) is 0.510. The smallest absolute Gasteiger partial charge is 0.407 e. The summed E-state index contributed by atoms with van der Waals surface area (Å²) in [6, 6.07) is 8.17. The van der Waals surface area contributed by atoms with Gasteiger partial charge in [0.25, 0.3) is 0 Å². The Kier molecular flexibility index (Phi) is 9.27. The van der Waals surface area contributed by atoms with E-state index in [2.05, 4.69) is 10.6 Å². The molecule has 9 heteroatoms. The molecular weight excluding hydrogens is 392 g/mol. The van der Waals surface area contributed by atoms with Gasteiger partial charge in [-0.3, -0.25) is 9.59 Å². The van der Waals surface area contributed by atoms with E-state index < -0.39 is 30.1 Å². The second kappa shape index (κ2) is 11.9. The highest BCUT2D eigenvalue weighted by Gasteiger charge is 2.34. The van der Waals surface area contributed by atoms with Crippen LogP contribution < -0.4 is 10.6 Å². The maximum absolute atomic E-state index is 12.3. The molecule has 0 unspecified atom stereocenters. The molecule has 0 saturated heterocycles. The van der Waals surface area contributed by atoms with Gasteiger partial charge < -0.3 is 25.2 Å². The van der Waals surface area contributed by atoms with Gasteiger partial charge >= 0.3 is 12.1 Å². The molecule has 0 spiro atoms. The average Bonchev–Trinajstić information content (AvgIpc) is 2.74. The number of esters is 1.